The van der Waals surface area contributed by atoms with Crippen molar-refractivity contribution in [2.75, 3.05) is 32.8 Å². The van der Waals surface area contributed by atoms with Crippen molar-refractivity contribution in [3.05, 3.63) is 17.7 Å². The Hall–Kier alpha value is -0.910. The fourth-order valence-corrected chi connectivity index (χ4v) is 2.99. The number of H-pyrrole nitrogens is 1. The molecule has 0 aromatic carbocycles. The van der Waals surface area contributed by atoms with Crippen molar-refractivity contribution in [3.63, 3.8) is 0 Å². The fraction of sp³-hybridized carbons (Fsp3) is 0.800. The average molecular weight is 280 g/mol. The van der Waals surface area contributed by atoms with Gasteiger partial charge in [0.25, 0.3) is 0 Å². The van der Waals surface area contributed by atoms with Gasteiger partial charge in [-0.3, -0.25) is 9.80 Å². The Kier molecular flexibility index (Phi) is 5.57. The standard InChI is InChI=1S/C15H28N4O/c1-12(2)8-19-6-5-18(9-14(19)4-7-20)10-15-13(3)16-11-17-15/h11-12,14,20H,4-10H2,1-3H3,(H,16,17)/t14-/m0/s1. The number of aliphatic hydroxyl groups excluding tert-OH is 1. The normalized spacial score (nSPS) is 21.8. The average Bonchev–Trinajstić information content (AvgIpc) is 2.78. The van der Waals surface area contributed by atoms with E-state index in [1.807, 2.05) is 0 Å². The summed E-state index contributed by atoms with van der Waals surface area (Å²) in [6, 6.07) is 0.468. The summed E-state index contributed by atoms with van der Waals surface area (Å²) >= 11 is 0. The van der Waals surface area contributed by atoms with E-state index in [4.69, 9.17) is 0 Å². The molecule has 0 unspecified atom stereocenters. The smallest absolute Gasteiger partial charge is 0.0925 e. The van der Waals surface area contributed by atoms with Crippen LogP contribution < -0.4 is 0 Å². The molecule has 0 bridgehead atoms. The number of aromatic amines is 1. The zero-order valence-corrected chi connectivity index (χ0v) is 13.0. The summed E-state index contributed by atoms with van der Waals surface area (Å²) in [5.74, 6) is 0.677. The molecule has 2 N–H and O–H groups in total. The van der Waals surface area contributed by atoms with Crippen molar-refractivity contribution in [1.82, 2.24) is 19.8 Å². The number of rotatable bonds is 6. The minimum Gasteiger partial charge on any atom is -0.396 e. The molecule has 5 nitrogen and oxygen atoms in total. The molecule has 114 valence electrons. The van der Waals surface area contributed by atoms with Crippen LogP contribution in [0.2, 0.25) is 0 Å². The summed E-state index contributed by atoms with van der Waals surface area (Å²) in [5, 5.41) is 9.29. The summed E-state index contributed by atoms with van der Waals surface area (Å²) in [7, 11) is 0. The number of aliphatic hydroxyl groups is 1. The van der Waals surface area contributed by atoms with E-state index in [-0.39, 0.29) is 6.61 Å². The number of hydrogen-bond donors (Lipinski definition) is 2. The molecule has 0 aliphatic carbocycles. The minimum absolute atomic E-state index is 0.272. The van der Waals surface area contributed by atoms with E-state index in [2.05, 4.69) is 40.5 Å². The van der Waals surface area contributed by atoms with Gasteiger partial charge in [0, 0.05) is 51.1 Å². The molecule has 1 aromatic heterocycles. The molecule has 2 heterocycles. The van der Waals surface area contributed by atoms with E-state index in [1.54, 1.807) is 6.33 Å². The van der Waals surface area contributed by atoms with Crippen LogP contribution in [0.1, 0.15) is 31.7 Å². The highest BCUT2D eigenvalue weighted by molar-refractivity contribution is 5.08. The van der Waals surface area contributed by atoms with E-state index in [0.717, 1.165) is 50.5 Å². The Labute approximate surface area is 122 Å². The second-order valence-corrected chi connectivity index (χ2v) is 6.26. The Morgan fingerprint density at radius 2 is 2.25 bits per heavy atom. The van der Waals surface area contributed by atoms with Crippen LogP contribution in [0.3, 0.4) is 0 Å². The molecule has 20 heavy (non-hydrogen) atoms. The Balaban J connectivity index is 1.93. The molecule has 0 amide bonds. The summed E-state index contributed by atoms with van der Waals surface area (Å²) in [6.45, 7) is 12.1. The number of nitrogens with one attached hydrogen (secondary N) is 1. The van der Waals surface area contributed by atoms with Crippen molar-refractivity contribution in [2.45, 2.75) is 39.8 Å². The van der Waals surface area contributed by atoms with Gasteiger partial charge in [0.1, 0.15) is 0 Å². The van der Waals surface area contributed by atoms with Gasteiger partial charge in [-0.2, -0.15) is 0 Å². The molecule has 1 fully saturated rings. The zero-order chi connectivity index (χ0) is 14.5. The molecule has 0 saturated carbocycles. The van der Waals surface area contributed by atoms with Crippen LogP contribution in [-0.2, 0) is 6.54 Å². The lowest BCUT2D eigenvalue weighted by Gasteiger charge is -2.42. The Morgan fingerprint density at radius 3 is 2.85 bits per heavy atom. The van der Waals surface area contributed by atoms with E-state index in [9.17, 15) is 5.11 Å². The molecular formula is C15H28N4O. The van der Waals surface area contributed by atoms with Gasteiger partial charge < -0.3 is 10.1 Å². The Morgan fingerprint density at radius 1 is 1.45 bits per heavy atom. The van der Waals surface area contributed by atoms with Crippen LogP contribution >= 0.6 is 0 Å². The highest BCUT2D eigenvalue weighted by Gasteiger charge is 2.27. The second kappa shape index (κ2) is 7.20. The lowest BCUT2D eigenvalue weighted by molar-refractivity contribution is 0.0471. The number of hydrogen-bond acceptors (Lipinski definition) is 4. The van der Waals surface area contributed by atoms with Gasteiger partial charge in [0.2, 0.25) is 0 Å². The first-order valence-electron chi connectivity index (χ1n) is 7.66. The van der Waals surface area contributed by atoms with E-state index in [0.29, 0.717) is 12.0 Å². The van der Waals surface area contributed by atoms with Crippen LogP contribution in [0, 0.1) is 12.8 Å². The highest BCUT2D eigenvalue weighted by Crippen LogP contribution is 2.17. The monoisotopic (exact) mass is 280 g/mol. The SMILES string of the molecule is Cc1[nH]cnc1CN1CCN(CC(C)C)[C@@H](CCO)C1. The van der Waals surface area contributed by atoms with Gasteiger partial charge in [0.15, 0.2) is 0 Å². The summed E-state index contributed by atoms with van der Waals surface area (Å²) in [5.41, 5.74) is 2.30. The molecule has 5 heteroatoms. The van der Waals surface area contributed by atoms with Crippen molar-refractivity contribution < 1.29 is 5.11 Å². The first-order chi connectivity index (χ1) is 9.60. The third-order valence-electron chi connectivity index (χ3n) is 4.06. The Bertz CT molecular complexity index is 404. The maximum absolute atomic E-state index is 9.29. The van der Waals surface area contributed by atoms with Crippen LogP contribution in [0.25, 0.3) is 0 Å². The van der Waals surface area contributed by atoms with Gasteiger partial charge in [-0.25, -0.2) is 4.98 Å². The van der Waals surface area contributed by atoms with Crippen molar-refractivity contribution in [1.29, 1.82) is 0 Å². The summed E-state index contributed by atoms with van der Waals surface area (Å²) in [4.78, 5) is 12.5. The molecule has 1 atom stereocenters. The maximum atomic E-state index is 9.29. The topological polar surface area (TPSA) is 55.4 Å². The van der Waals surface area contributed by atoms with Gasteiger partial charge in [-0.15, -0.1) is 0 Å². The molecule has 0 spiro atoms. The molecule has 1 aromatic rings. The third kappa shape index (κ3) is 4.04. The highest BCUT2D eigenvalue weighted by atomic mass is 16.3. The van der Waals surface area contributed by atoms with E-state index in [1.165, 1.54) is 0 Å². The molecule has 1 aliphatic heterocycles. The van der Waals surface area contributed by atoms with Gasteiger partial charge in [-0.05, 0) is 19.3 Å². The molecule has 1 aliphatic rings. The number of piperazine rings is 1. The minimum atomic E-state index is 0.272. The number of aromatic nitrogens is 2. The lowest BCUT2D eigenvalue weighted by atomic mass is 10.1. The molecule has 2 rings (SSSR count). The third-order valence-corrected chi connectivity index (χ3v) is 4.06. The van der Waals surface area contributed by atoms with Crippen LogP contribution in [0.5, 0.6) is 0 Å². The fourth-order valence-electron chi connectivity index (χ4n) is 2.99. The van der Waals surface area contributed by atoms with Crippen LogP contribution in [0.15, 0.2) is 6.33 Å². The number of nitrogens with zero attached hydrogens (tertiary/aromatic N) is 3. The van der Waals surface area contributed by atoms with Gasteiger partial charge >= 0.3 is 0 Å². The largest absolute Gasteiger partial charge is 0.396 e. The zero-order valence-electron chi connectivity index (χ0n) is 13.0. The first-order valence-corrected chi connectivity index (χ1v) is 7.66. The summed E-state index contributed by atoms with van der Waals surface area (Å²) < 4.78 is 0. The quantitative estimate of drug-likeness (QED) is 0.823. The predicted octanol–water partition coefficient (Wildman–Crippen LogP) is 1.24. The maximum Gasteiger partial charge on any atom is 0.0925 e. The van der Waals surface area contributed by atoms with Crippen molar-refractivity contribution >= 4 is 0 Å². The molecule has 0 radical (unpaired) electrons. The first kappa shape index (κ1) is 15.5. The number of imidazole rings is 1. The lowest BCUT2D eigenvalue weighted by Crippen LogP contribution is -2.53. The van der Waals surface area contributed by atoms with Crippen molar-refractivity contribution in [3.8, 4) is 0 Å². The van der Waals surface area contributed by atoms with Crippen molar-refractivity contribution in [2.24, 2.45) is 5.92 Å². The van der Waals surface area contributed by atoms with Crippen LogP contribution in [0.4, 0.5) is 0 Å². The van der Waals surface area contributed by atoms with E-state index < -0.39 is 0 Å². The second-order valence-electron chi connectivity index (χ2n) is 6.26. The summed E-state index contributed by atoms with van der Waals surface area (Å²) in [6.07, 6.45) is 2.63. The predicted molar refractivity (Wildman–Crippen MR) is 80.5 cm³/mol. The van der Waals surface area contributed by atoms with Gasteiger partial charge in [0.05, 0.1) is 12.0 Å². The number of aryl methyl sites for hydroxylation is 1. The van der Waals surface area contributed by atoms with Gasteiger partial charge in [-0.1, -0.05) is 13.8 Å². The molecule has 1 saturated heterocycles. The molecular weight excluding hydrogens is 252 g/mol. The van der Waals surface area contributed by atoms with E-state index >= 15 is 0 Å². The van der Waals surface area contributed by atoms with Crippen LogP contribution in [-0.4, -0.2) is 63.7 Å².